The zero-order chi connectivity index (χ0) is 11.2. The first-order valence-corrected chi connectivity index (χ1v) is 5.38. The Morgan fingerprint density at radius 3 is 1.57 bits per heavy atom. The van der Waals surface area contributed by atoms with E-state index in [2.05, 4.69) is 65.9 Å². The quantitative estimate of drug-likeness (QED) is 0.540. The summed E-state index contributed by atoms with van der Waals surface area (Å²) in [5.74, 6) is 0. The molecule has 0 N–H and O–H groups in total. The molecular formula is C12H25N2+. The first-order chi connectivity index (χ1) is 6.10. The second-order valence-corrected chi connectivity index (χ2v) is 6.41. The summed E-state index contributed by atoms with van der Waals surface area (Å²) >= 11 is 0. The molecule has 14 heavy (non-hydrogen) atoms. The van der Waals surface area contributed by atoms with E-state index in [1.165, 1.54) is 0 Å². The van der Waals surface area contributed by atoms with E-state index < -0.39 is 0 Å². The van der Waals surface area contributed by atoms with Crippen molar-refractivity contribution in [1.82, 2.24) is 4.90 Å². The van der Waals surface area contributed by atoms with Crippen molar-refractivity contribution >= 4 is 0 Å². The Morgan fingerprint density at radius 2 is 1.43 bits per heavy atom. The normalized spacial score (nSPS) is 21.8. The van der Waals surface area contributed by atoms with Crippen LogP contribution in [-0.2, 0) is 0 Å². The van der Waals surface area contributed by atoms with Crippen LogP contribution in [0.1, 0.15) is 41.5 Å². The van der Waals surface area contributed by atoms with E-state index >= 15 is 0 Å². The minimum atomic E-state index is 0.250. The van der Waals surface area contributed by atoms with Crippen LogP contribution in [0.2, 0.25) is 0 Å². The lowest BCUT2D eigenvalue weighted by Crippen LogP contribution is -2.66. The second kappa shape index (κ2) is 2.99. The fourth-order valence-electron chi connectivity index (χ4n) is 2.55. The molecule has 1 heterocycles. The summed E-state index contributed by atoms with van der Waals surface area (Å²) < 4.78 is 1.02. The molecule has 0 aromatic heterocycles. The minimum absolute atomic E-state index is 0.250. The van der Waals surface area contributed by atoms with Gasteiger partial charge in [-0.05, 0) is 41.5 Å². The zero-order valence-corrected chi connectivity index (χ0v) is 10.8. The van der Waals surface area contributed by atoms with Crippen molar-refractivity contribution in [1.29, 1.82) is 0 Å². The standard InChI is InChI=1S/C12H25N2/c1-11(2,3)14(12(4,5)6)9-8-13(7)10-14/h8-9H,10H2,1-7H3/q+1. The van der Waals surface area contributed by atoms with Crippen molar-refractivity contribution in [2.75, 3.05) is 13.7 Å². The molecule has 2 nitrogen and oxygen atoms in total. The Labute approximate surface area is 88.8 Å². The van der Waals surface area contributed by atoms with Gasteiger partial charge in [0.15, 0.2) is 6.67 Å². The molecule has 0 saturated heterocycles. The molecule has 2 heteroatoms. The van der Waals surface area contributed by atoms with Crippen molar-refractivity contribution in [3.05, 3.63) is 12.4 Å². The van der Waals surface area contributed by atoms with Crippen molar-refractivity contribution in [3.63, 3.8) is 0 Å². The summed E-state index contributed by atoms with van der Waals surface area (Å²) in [4.78, 5) is 2.27. The molecule has 1 rings (SSSR count). The number of hydrogen-bond donors (Lipinski definition) is 0. The second-order valence-electron chi connectivity index (χ2n) is 6.41. The Balaban J connectivity index is 3.13. The van der Waals surface area contributed by atoms with Gasteiger partial charge in [0.2, 0.25) is 0 Å². The van der Waals surface area contributed by atoms with E-state index in [0.717, 1.165) is 11.2 Å². The Kier molecular flexibility index (Phi) is 2.47. The van der Waals surface area contributed by atoms with Crippen molar-refractivity contribution < 1.29 is 4.48 Å². The van der Waals surface area contributed by atoms with Gasteiger partial charge in [0.1, 0.15) is 6.20 Å². The van der Waals surface area contributed by atoms with E-state index in [9.17, 15) is 0 Å². The average Bonchev–Trinajstić information content (AvgIpc) is 2.28. The van der Waals surface area contributed by atoms with Gasteiger partial charge in [0, 0.05) is 7.05 Å². The van der Waals surface area contributed by atoms with Gasteiger partial charge in [-0.3, -0.25) is 4.48 Å². The summed E-state index contributed by atoms with van der Waals surface area (Å²) in [6.07, 6.45) is 4.55. The number of rotatable bonds is 0. The lowest BCUT2D eigenvalue weighted by molar-refractivity contribution is -0.968. The number of hydrogen-bond acceptors (Lipinski definition) is 1. The Morgan fingerprint density at radius 1 is 1.00 bits per heavy atom. The maximum absolute atomic E-state index is 2.35. The van der Waals surface area contributed by atoms with Crippen LogP contribution in [0.15, 0.2) is 12.4 Å². The highest BCUT2D eigenvalue weighted by Gasteiger charge is 2.50. The predicted octanol–water partition coefficient (Wildman–Crippen LogP) is 2.77. The van der Waals surface area contributed by atoms with Crippen LogP contribution in [0, 0.1) is 0 Å². The third kappa shape index (κ3) is 1.56. The molecule has 0 bridgehead atoms. The van der Waals surface area contributed by atoms with Crippen LogP contribution < -0.4 is 0 Å². The zero-order valence-electron chi connectivity index (χ0n) is 10.8. The van der Waals surface area contributed by atoms with E-state index in [0.29, 0.717) is 0 Å². The number of nitrogens with zero attached hydrogens (tertiary/aromatic N) is 2. The molecule has 0 fully saturated rings. The van der Waals surface area contributed by atoms with Crippen LogP contribution in [-0.4, -0.2) is 34.2 Å². The minimum Gasteiger partial charge on any atom is -0.329 e. The summed E-state index contributed by atoms with van der Waals surface area (Å²) in [5, 5.41) is 0. The molecule has 0 aromatic rings. The van der Waals surface area contributed by atoms with Gasteiger partial charge in [-0.2, -0.15) is 0 Å². The highest BCUT2D eigenvalue weighted by molar-refractivity contribution is 4.89. The first-order valence-electron chi connectivity index (χ1n) is 5.38. The summed E-state index contributed by atoms with van der Waals surface area (Å²) in [6, 6.07) is 0. The van der Waals surface area contributed by atoms with Crippen LogP contribution in [0.5, 0.6) is 0 Å². The van der Waals surface area contributed by atoms with E-state index in [4.69, 9.17) is 0 Å². The van der Waals surface area contributed by atoms with Gasteiger partial charge in [-0.1, -0.05) is 0 Å². The summed E-state index contributed by atoms with van der Waals surface area (Å²) in [5.41, 5.74) is 0.499. The van der Waals surface area contributed by atoms with Gasteiger partial charge in [0.05, 0.1) is 17.3 Å². The lowest BCUT2D eigenvalue weighted by atomic mass is 9.92. The topological polar surface area (TPSA) is 3.24 Å². The molecule has 0 atom stereocenters. The molecule has 0 spiro atoms. The van der Waals surface area contributed by atoms with Crippen LogP contribution >= 0.6 is 0 Å². The molecule has 0 radical (unpaired) electrons. The molecule has 1 aliphatic heterocycles. The number of quaternary nitrogens is 1. The van der Waals surface area contributed by atoms with Crippen LogP contribution in [0.4, 0.5) is 0 Å². The Bertz CT molecular complexity index is 226. The molecule has 1 aliphatic rings. The van der Waals surface area contributed by atoms with Gasteiger partial charge in [0.25, 0.3) is 0 Å². The van der Waals surface area contributed by atoms with E-state index in [1.807, 2.05) is 0 Å². The molecule has 0 aromatic carbocycles. The van der Waals surface area contributed by atoms with E-state index in [-0.39, 0.29) is 11.1 Å². The van der Waals surface area contributed by atoms with Gasteiger partial charge >= 0.3 is 0 Å². The average molecular weight is 197 g/mol. The van der Waals surface area contributed by atoms with E-state index in [1.54, 1.807) is 0 Å². The molecule has 0 aliphatic carbocycles. The largest absolute Gasteiger partial charge is 0.329 e. The van der Waals surface area contributed by atoms with Gasteiger partial charge in [-0.25, -0.2) is 0 Å². The fraction of sp³-hybridized carbons (Fsp3) is 0.833. The smallest absolute Gasteiger partial charge is 0.159 e. The Hall–Kier alpha value is -0.500. The molecular weight excluding hydrogens is 172 g/mol. The maximum Gasteiger partial charge on any atom is 0.159 e. The maximum atomic E-state index is 2.35. The molecule has 0 saturated carbocycles. The van der Waals surface area contributed by atoms with Crippen LogP contribution in [0.3, 0.4) is 0 Å². The lowest BCUT2D eigenvalue weighted by Gasteiger charge is -2.52. The third-order valence-corrected chi connectivity index (χ3v) is 3.42. The predicted molar refractivity (Wildman–Crippen MR) is 61.5 cm³/mol. The first kappa shape index (κ1) is 11.6. The molecule has 0 amide bonds. The van der Waals surface area contributed by atoms with Crippen molar-refractivity contribution in [3.8, 4) is 0 Å². The van der Waals surface area contributed by atoms with Crippen LogP contribution in [0.25, 0.3) is 0 Å². The molecule has 82 valence electrons. The van der Waals surface area contributed by atoms with Crippen molar-refractivity contribution in [2.45, 2.75) is 52.6 Å². The monoisotopic (exact) mass is 197 g/mol. The molecule has 0 unspecified atom stereocenters. The highest BCUT2D eigenvalue weighted by atomic mass is 15.5. The van der Waals surface area contributed by atoms with Gasteiger partial charge in [-0.15, -0.1) is 0 Å². The SMILES string of the molecule is CN1C=C[N+](C(C)(C)C)(C(C)(C)C)C1. The summed E-state index contributed by atoms with van der Waals surface area (Å²) in [6.45, 7) is 15.0. The fourth-order valence-corrected chi connectivity index (χ4v) is 2.55. The summed E-state index contributed by atoms with van der Waals surface area (Å²) in [7, 11) is 2.15. The highest BCUT2D eigenvalue weighted by Crippen LogP contribution is 2.38. The van der Waals surface area contributed by atoms with Crippen molar-refractivity contribution in [2.24, 2.45) is 0 Å². The van der Waals surface area contributed by atoms with Gasteiger partial charge < -0.3 is 4.90 Å². The third-order valence-electron chi connectivity index (χ3n) is 3.42.